The van der Waals surface area contributed by atoms with Gasteiger partial charge >= 0.3 is 0 Å². The van der Waals surface area contributed by atoms with E-state index in [0.29, 0.717) is 0 Å². The fraction of sp³-hybridized carbons (Fsp3) is 0.500. The summed E-state index contributed by atoms with van der Waals surface area (Å²) in [5, 5.41) is 2.90. The number of rotatable bonds is 5. The minimum atomic E-state index is -0.0745. The number of carbonyl (C=O) groups excluding carboxylic acids is 1. The molecular weight excluding hydrogens is 230 g/mol. The van der Waals surface area contributed by atoms with Crippen molar-refractivity contribution in [1.29, 1.82) is 0 Å². The number of methoxy groups -OCH3 is 1. The van der Waals surface area contributed by atoms with E-state index in [1.54, 1.807) is 0 Å². The molecule has 1 N–H and O–H groups in total. The first-order valence-corrected chi connectivity index (χ1v) is 6.22. The highest BCUT2D eigenvalue weighted by Gasteiger charge is 2.13. The third kappa shape index (κ3) is 3.23. The average molecular weight is 249 g/mol. The van der Waals surface area contributed by atoms with Gasteiger partial charge in [0.15, 0.2) is 0 Å². The van der Waals surface area contributed by atoms with Gasteiger partial charge in [0, 0.05) is 19.6 Å². The molecule has 0 aromatic heterocycles. The normalized spacial score (nSPS) is 14.8. The van der Waals surface area contributed by atoms with Crippen LogP contribution in [-0.2, 0) is 22.4 Å². The minimum absolute atomic E-state index is 0.0745. The molecule has 0 saturated heterocycles. The fourth-order valence-corrected chi connectivity index (χ4v) is 2.22. The highest BCUT2D eigenvalue weighted by atomic mass is 16.5. The summed E-state index contributed by atoms with van der Waals surface area (Å²) in [5.41, 5.74) is 2.49. The van der Waals surface area contributed by atoms with Crippen LogP contribution in [0.4, 0.5) is 0 Å². The van der Waals surface area contributed by atoms with Crippen LogP contribution in [0.1, 0.15) is 18.1 Å². The molecule has 0 fully saturated rings. The van der Waals surface area contributed by atoms with Crippen molar-refractivity contribution < 1.29 is 14.3 Å². The second-order valence-corrected chi connectivity index (χ2v) is 4.65. The lowest BCUT2D eigenvalue weighted by Crippen LogP contribution is -2.36. The van der Waals surface area contributed by atoms with Crippen LogP contribution in [0.25, 0.3) is 0 Å². The molecule has 0 unspecified atom stereocenters. The second-order valence-electron chi connectivity index (χ2n) is 4.65. The zero-order valence-corrected chi connectivity index (χ0v) is 10.9. The molecule has 98 valence electrons. The number of fused-ring (bicyclic) bond motifs is 1. The van der Waals surface area contributed by atoms with Gasteiger partial charge in [0.25, 0.3) is 0 Å². The molecule has 0 radical (unpaired) electrons. The molecule has 0 spiro atoms. The summed E-state index contributed by atoms with van der Waals surface area (Å²) >= 11 is 0. The van der Waals surface area contributed by atoms with Gasteiger partial charge < -0.3 is 14.8 Å². The van der Waals surface area contributed by atoms with Gasteiger partial charge in [-0.3, -0.25) is 4.79 Å². The first-order chi connectivity index (χ1) is 8.69. The van der Waals surface area contributed by atoms with Crippen LogP contribution in [0, 0.1) is 0 Å². The summed E-state index contributed by atoms with van der Waals surface area (Å²) in [6.07, 6.45) is 1.80. The highest BCUT2D eigenvalue weighted by Crippen LogP contribution is 2.26. The Balaban J connectivity index is 1.91. The molecule has 0 aliphatic carbocycles. The van der Waals surface area contributed by atoms with Gasteiger partial charge in [-0.15, -0.1) is 0 Å². The van der Waals surface area contributed by atoms with Crippen molar-refractivity contribution >= 4 is 5.91 Å². The van der Waals surface area contributed by atoms with Gasteiger partial charge in [-0.05, 0) is 30.5 Å². The summed E-state index contributed by atoms with van der Waals surface area (Å²) in [6, 6.07) is 6.35. The zero-order chi connectivity index (χ0) is 13.0. The van der Waals surface area contributed by atoms with Crippen LogP contribution in [0.5, 0.6) is 5.75 Å². The van der Waals surface area contributed by atoms with Crippen LogP contribution in [0.3, 0.4) is 0 Å². The first-order valence-electron chi connectivity index (χ1n) is 6.22. The molecule has 1 heterocycles. The molecule has 2 rings (SSSR count). The lowest BCUT2D eigenvalue weighted by Gasteiger charge is -2.14. The summed E-state index contributed by atoms with van der Waals surface area (Å²) in [5.74, 6) is 0.921. The molecule has 1 aliphatic rings. The highest BCUT2D eigenvalue weighted by molar-refractivity contribution is 5.77. The number of hydrogen-bond donors (Lipinski definition) is 1. The Labute approximate surface area is 107 Å². The van der Waals surface area contributed by atoms with E-state index in [-0.39, 0.29) is 18.6 Å². The lowest BCUT2D eigenvalue weighted by atomic mass is 10.0. The Morgan fingerprint density at radius 1 is 1.56 bits per heavy atom. The molecule has 0 saturated carbocycles. The Morgan fingerprint density at radius 3 is 3.17 bits per heavy atom. The van der Waals surface area contributed by atoms with Crippen molar-refractivity contribution in [3.8, 4) is 5.75 Å². The average Bonchev–Trinajstić information content (AvgIpc) is 2.76. The monoisotopic (exact) mass is 249 g/mol. The lowest BCUT2D eigenvalue weighted by molar-refractivity contribution is -0.125. The SMILES string of the molecule is COCC(=O)N[C@H](C)Cc1ccc2c(c1)CCO2. The molecule has 1 amide bonds. The van der Waals surface area contributed by atoms with Gasteiger partial charge in [0.05, 0.1) is 6.61 Å². The van der Waals surface area contributed by atoms with E-state index in [1.807, 2.05) is 13.0 Å². The number of ether oxygens (including phenoxy) is 2. The summed E-state index contributed by atoms with van der Waals surface area (Å²) < 4.78 is 10.3. The fourth-order valence-electron chi connectivity index (χ4n) is 2.22. The standard InChI is InChI=1S/C14H19NO3/c1-10(15-14(16)9-17-2)7-11-3-4-13-12(8-11)5-6-18-13/h3-4,8,10H,5-7,9H2,1-2H3,(H,15,16)/t10-/m1/s1. The number of hydrogen-bond acceptors (Lipinski definition) is 3. The van der Waals surface area contributed by atoms with E-state index in [4.69, 9.17) is 9.47 Å². The van der Waals surface area contributed by atoms with E-state index in [1.165, 1.54) is 18.2 Å². The van der Waals surface area contributed by atoms with Gasteiger partial charge in [-0.25, -0.2) is 0 Å². The molecular formula is C14H19NO3. The largest absolute Gasteiger partial charge is 0.493 e. The Kier molecular flexibility index (Phi) is 4.20. The van der Waals surface area contributed by atoms with E-state index in [2.05, 4.69) is 17.4 Å². The van der Waals surface area contributed by atoms with Crippen molar-refractivity contribution in [2.24, 2.45) is 0 Å². The number of nitrogens with one attached hydrogen (secondary N) is 1. The minimum Gasteiger partial charge on any atom is -0.493 e. The maximum atomic E-state index is 11.4. The molecule has 4 heteroatoms. The Morgan fingerprint density at radius 2 is 2.39 bits per heavy atom. The van der Waals surface area contributed by atoms with E-state index in [0.717, 1.165) is 25.2 Å². The van der Waals surface area contributed by atoms with Crippen molar-refractivity contribution in [2.75, 3.05) is 20.3 Å². The maximum Gasteiger partial charge on any atom is 0.246 e. The Hall–Kier alpha value is -1.55. The van der Waals surface area contributed by atoms with E-state index < -0.39 is 0 Å². The van der Waals surface area contributed by atoms with Gasteiger partial charge in [0.2, 0.25) is 5.91 Å². The van der Waals surface area contributed by atoms with Crippen LogP contribution in [0.15, 0.2) is 18.2 Å². The summed E-state index contributed by atoms with van der Waals surface area (Å²) in [6.45, 7) is 2.89. The number of carbonyl (C=O) groups is 1. The van der Waals surface area contributed by atoms with Gasteiger partial charge in [0.1, 0.15) is 12.4 Å². The molecule has 1 atom stereocenters. The molecule has 0 bridgehead atoms. The third-order valence-electron chi connectivity index (χ3n) is 2.98. The van der Waals surface area contributed by atoms with E-state index in [9.17, 15) is 4.79 Å². The summed E-state index contributed by atoms with van der Waals surface area (Å²) in [7, 11) is 1.52. The molecule has 1 aromatic rings. The van der Waals surface area contributed by atoms with Crippen molar-refractivity contribution in [3.05, 3.63) is 29.3 Å². The molecule has 1 aromatic carbocycles. The predicted octanol–water partition coefficient (Wildman–Crippen LogP) is 1.32. The van der Waals surface area contributed by atoms with Crippen molar-refractivity contribution in [2.45, 2.75) is 25.8 Å². The van der Waals surface area contributed by atoms with Crippen molar-refractivity contribution in [3.63, 3.8) is 0 Å². The second kappa shape index (κ2) is 5.87. The third-order valence-corrected chi connectivity index (χ3v) is 2.98. The summed E-state index contributed by atoms with van der Waals surface area (Å²) in [4.78, 5) is 11.4. The van der Waals surface area contributed by atoms with Crippen LogP contribution >= 0.6 is 0 Å². The van der Waals surface area contributed by atoms with E-state index >= 15 is 0 Å². The van der Waals surface area contributed by atoms with Crippen LogP contribution < -0.4 is 10.1 Å². The number of amides is 1. The predicted molar refractivity (Wildman–Crippen MR) is 68.8 cm³/mol. The van der Waals surface area contributed by atoms with Crippen molar-refractivity contribution in [1.82, 2.24) is 5.32 Å². The maximum absolute atomic E-state index is 11.4. The van der Waals surface area contributed by atoms with Crippen LogP contribution in [0.2, 0.25) is 0 Å². The quantitative estimate of drug-likeness (QED) is 0.856. The number of benzene rings is 1. The zero-order valence-electron chi connectivity index (χ0n) is 10.9. The van der Waals surface area contributed by atoms with Gasteiger partial charge in [-0.2, -0.15) is 0 Å². The smallest absolute Gasteiger partial charge is 0.246 e. The van der Waals surface area contributed by atoms with Crippen LogP contribution in [-0.4, -0.2) is 32.3 Å². The molecule has 1 aliphatic heterocycles. The first kappa shape index (κ1) is 12.9. The molecule has 18 heavy (non-hydrogen) atoms. The van der Waals surface area contributed by atoms with Gasteiger partial charge in [-0.1, -0.05) is 12.1 Å². The molecule has 4 nitrogen and oxygen atoms in total. The topological polar surface area (TPSA) is 47.6 Å². The Bertz CT molecular complexity index is 431.